The zero-order valence-electron chi connectivity index (χ0n) is 23.2. The minimum atomic E-state index is 0.0904. The van der Waals surface area contributed by atoms with Crippen molar-refractivity contribution in [2.24, 2.45) is 0 Å². The Balaban J connectivity index is 1.61. The summed E-state index contributed by atoms with van der Waals surface area (Å²) in [7, 11) is 4.43. The summed E-state index contributed by atoms with van der Waals surface area (Å²) in [5, 5.41) is 0. The van der Waals surface area contributed by atoms with E-state index in [1.807, 2.05) is 0 Å². The highest BCUT2D eigenvalue weighted by molar-refractivity contribution is 6.92. The number of rotatable bonds is 7. The molecule has 0 unspecified atom stereocenters. The van der Waals surface area contributed by atoms with Gasteiger partial charge < -0.3 is 14.6 Å². The molecule has 2 aliphatic heterocycles. The van der Waals surface area contributed by atoms with Gasteiger partial charge >= 0.3 is 6.85 Å². The fraction of sp³-hybridized carbons (Fsp3) is 0.294. The molecule has 4 aromatic carbocycles. The van der Waals surface area contributed by atoms with E-state index in [1.165, 1.54) is 81.9 Å². The van der Waals surface area contributed by atoms with Crippen molar-refractivity contribution in [1.82, 2.24) is 0 Å². The molecule has 2 aliphatic rings. The largest absolute Gasteiger partial charge is 0.373 e. The highest BCUT2D eigenvalue weighted by Crippen LogP contribution is 2.49. The van der Waals surface area contributed by atoms with Crippen LogP contribution in [0, 0.1) is 0 Å². The maximum absolute atomic E-state index is 2.65. The van der Waals surface area contributed by atoms with E-state index in [4.69, 9.17) is 0 Å². The zero-order valence-corrected chi connectivity index (χ0v) is 23.2. The zero-order chi connectivity index (χ0) is 26.2. The number of hydrogen-bond acceptors (Lipinski definition) is 3. The highest BCUT2D eigenvalue weighted by atomic mass is 15.2. The summed E-state index contributed by atoms with van der Waals surface area (Å²) in [6.45, 7) is 4.64. The Kier molecular flexibility index (Phi) is 6.65. The second kappa shape index (κ2) is 10.2. The van der Waals surface area contributed by atoms with Gasteiger partial charge in [0, 0.05) is 25.5 Å². The smallest absolute Gasteiger partial charge is 0.332 e. The summed E-state index contributed by atoms with van der Waals surface area (Å²) in [6, 6.07) is 32.2. The summed E-state index contributed by atoms with van der Waals surface area (Å²) in [6.07, 6.45) is 7.08. The van der Waals surface area contributed by atoms with Crippen molar-refractivity contribution in [2.75, 3.05) is 28.7 Å². The van der Waals surface area contributed by atoms with Crippen LogP contribution < -0.4 is 25.5 Å². The number of nitrogens with zero attached hydrogens (tertiary/aromatic N) is 3. The number of hydrogen-bond donors (Lipinski definition) is 0. The molecule has 0 radical (unpaired) electrons. The Hall–Kier alpha value is -3.66. The van der Waals surface area contributed by atoms with Gasteiger partial charge in [-0.25, -0.2) is 0 Å². The molecule has 0 atom stereocenters. The Morgan fingerprint density at radius 1 is 0.526 bits per heavy atom. The highest BCUT2D eigenvalue weighted by Gasteiger charge is 2.41. The maximum atomic E-state index is 2.65. The van der Waals surface area contributed by atoms with Gasteiger partial charge in [0.25, 0.3) is 0 Å². The van der Waals surface area contributed by atoms with E-state index in [-0.39, 0.29) is 6.85 Å². The van der Waals surface area contributed by atoms with Gasteiger partial charge in [0.05, 0.1) is 22.7 Å². The number of anilines is 6. The van der Waals surface area contributed by atoms with Crippen LogP contribution in [-0.2, 0) is 12.8 Å². The number of unbranched alkanes of at least 4 members (excludes halogenated alkanes) is 2. The lowest BCUT2D eigenvalue weighted by Gasteiger charge is -2.45. The molecule has 4 aromatic rings. The molecule has 192 valence electrons. The standard InChI is InChI=1S/C34H38BN3/c1-5-7-13-25-19-21-31-33(23-25)38(34-24-26(14-8-6-2)20-22-32(34)37(31)4)35-27-15-9-11-17-29(27)36(3)30-18-12-10-16-28(30)35/h9-12,15-24H,5-8,13-14H2,1-4H3. The predicted octanol–water partition coefficient (Wildman–Crippen LogP) is 7.48. The number of aryl methyl sites for hydroxylation is 2. The van der Waals surface area contributed by atoms with Crippen LogP contribution in [0.3, 0.4) is 0 Å². The van der Waals surface area contributed by atoms with Gasteiger partial charge in [-0.2, -0.15) is 0 Å². The molecule has 0 N–H and O–H groups in total. The molecule has 0 spiro atoms. The van der Waals surface area contributed by atoms with Crippen LogP contribution in [0.25, 0.3) is 0 Å². The van der Waals surface area contributed by atoms with Crippen LogP contribution in [0.4, 0.5) is 34.1 Å². The Morgan fingerprint density at radius 2 is 0.974 bits per heavy atom. The summed E-state index contributed by atoms with van der Waals surface area (Å²) in [5.41, 5.74) is 13.3. The topological polar surface area (TPSA) is 9.72 Å². The van der Waals surface area contributed by atoms with E-state index in [2.05, 4.69) is 127 Å². The number of fused-ring (bicyclic) bond motifs is 4. The molecular formula is C34H38BN3. The van der Waals surface area contributed by atoms with Crippen LogP contribution in [0.1, 0.15) is 50.7 Å². The molecule has 0 saturated heterocycles. The lowest BCUT2D eigenvalue weighted by Crippen LogP contribution is -2.60. The molecule has 4 heteroatoms. The normalized spacial score (nSPS) is 13.7. The number of para-hydroxylation sites is 2. The van der Waals surface area contributed by atoms with Crippen LogP contribution in [0.5, 0.6) is 0 Å². The van der Waals surface area contributed by atoms with Crippen molar-refractivity contribution in [3.8, 4) is 0 Å². The quantitative estimate of drug-likeness (QED) is 0.244. The Bertz CT molecular complexity index is 1360. The van der Waals surface area contributed by atoms with E-state index >= 15 is 0 Å². The first-order valence-corrected chi connectivity index (χ1v) is 14.3. The fourth-order valence-electron chi connectivity index (χ4n) is 6.33. The molecule has 0 saturated carbocycles. The lowest BCUT2D eigenvalue weighted by molar-refractivity contribution is 0.794. The van der Waals surface area contributed by atoms with Gasteiger partial charge in [-0.3, -0.25) is 0 Å². The van der Waals surface area contributed by atoms with Gasteiger partial charge in [-0.1, -0.05) is 75.2 Å². The average Bonchev–Trinajstić information content (AvgIpc) is 2.96. The van der Waals surface area contributed by atoms with Crippen molar-refractivity contribution < 1.29 is 0 Å². The molecule has 3 nitrogen and oxygen atoms in total. The lowest BCUT2D eigenvalue weighted by atomic mass is 9.46. The van der Waals surface area contributed by atoms with Gasteiger partial charge in [-0.15, -0.1) is 0 Å². The van der Waals surface area contributed by atoms with Crippen LogP contribution in [-0.4, -0.2) is 20.9 Å². The minimum absolute atomic E-state index is 0.0904. The second-order valence-electron chi connectivity index (χ2n) is 10.9. The summed E-state index contributed by atoms with van der Waals surface area (Å²) >= 11 is 0. The Labute approximate surface area is 228 Å². The third kappa shape index (κ3) is 4.07. The monoisotopic (exact) mass is 499 g/mol. The predicted molar refractivity (Wildman–Crippen MR) is 166 cm³/mol. The first kappa shape index (κ1) is 24.7. The van der Waals surface area contributed by atoms with E-state index in [1.54, 1.807) is 0 Å². The van der Waals surface area contributed by atoms with Crippen LogP contribution in [0.2, 0.25) is 0 Å². The maximum Gasteiger partial charge on any atom is 0.332 e. The van der Waals surface area contributed by atoms with Gasteiger partial charge in [-0.05, 0) is 84.1 Å². The Morgan fingerprint density at radius 3 is 1.45 bits per heavy atom. The molecule has 0 fully saturated rings. The van der Waals surface area contributed by atoms with Crippen molar-refractivity contribution >= 4 is 51.9 Å². The summed E-state index contributed by atoms with van der Waals surface area (Å²) < 4.78 is 0. The molecule has 2 heterocycles. The van der Waals surface area contributed by atoms with Gasteiger partial charge in [0.15, 0.2) is 0 Å². The van der Waals surface area contributed by atoms with E-state index in [0.29, 0.717) is 0 Å². The van der Waals surface area contributed by atoms with Crippen molar-refractivity contribution in [1.29, 1.82) is 0 Å². The van der Waals surface area contributed by atoms with E-state index < -0.39 is 0 Å². The molecule has 0 bridgehead atoms. The van der Waals surface area contributed by atoms with E-state index in [0.717, 1.165) is 12.8 Å². The first-order chi connectivity index (χ1) is 18.6. The average molecular weight is 500 g/mol. The molecular weight excluding hydrogens is 461 g/mol. The summed E-state index contributed by atoms with van der Waals surface area (Å²) in [4.78, 5) is 7.40. The SMILES string of the molecule is CCCCc1ccc2c(c1)N(B1c3ccccc3N(C)c3ccccc31)c1cc(CCCC)ccc1N2C. The molecule has 0 amide bonds. The molecule has 6 rings (SSSR count). The summed E-state index contributed by atoms with van der Waals surface area (Å²) in [5.74, 6) is 0. The number of benzene rings is 4. The molecule has 0 aromatic heterocycles. The minimum Gasteiger partial charge on any atom is -0.373 e. The van der Waals surface area contributed by atoms with Crippen molar-refractivity contribution in [2.45, 2.75) is 52.4 Å². The molecule has 38 heavy (non-hydrogen) atoms. The van der Waals surface area contributed by atoms with Crippen LogP contribution >= 0.6 is 0 Å². The van der Waals surface area contributed by atoms with Gasteiger partial charge in [0.1, 0.15) is 0 Å². The van der Waals surface area contributed by atoms with E-state index in [9.17, 15) is 0 Å². The van der Waals surface area contributed by atoms with Crippen molar-refractivity contribution in [3.05, 3.63) is 96.1 Å². The van der Waals surface area contributed by atoms with Crippen LogP contribution in [0.15, 0.2) is 84.9 Å². The second-order valence-corrected chi connectivity index (χ2v) is 10.9. The fourth-order valence-corrected chi connectivity index (χ4v) is 6.33. The molecule has 0 aliphatic carbocycles. The third-order valence-corrected chi connectivity index (χ3v) is 8.40. The van der Waals surface area contributed by atoms with Crippen molar-refractivity contribution in [3.63, 3.8) is 0 Å². The van der Waals surface area contributed by atoms with Gasteiger partial charge in [0.2, 0.25) is 0 Å². The third-order valence-electron chi connectivity index (χ3n) is 8.40. The first-order valence-electron chi connectivity index (χ1n) is 14.3.